The van der Waals surface area contributed by atoms with E-state index in [1.807, 2.05) is 81.4 Å². The molecule has 0 unspecified atom stereocenters. The molecule has 4 rings (SSSR count). The highest BCUT2D eigenvalue weighted by atomic mass is 32.2. The molecule has 3 aromatic carbocycles. The molecule has 188 valence electrons. The second-order valence-electron chi connectivity index (χ2n) is 10.1. The van der Waals surface area contributed by atoms with Gasteiger partial charge in [0.2, 0.25) is 15.9 Å². The van der Waals surface area contributed by atoms with Crippen LogP contribution in [0.15, 0.2) is 83.8 Å². The molecule has 36 heavy (non-hydrogen) atoms. The Hall–Kier alpha value is -3.49. The third-order valence-electron chi connectivity index (χ3n) is 5.95. The Bertz CT molecular complexity index is 1490. The summed E-state index contributed by atoms with van der Waals surface area (Å²) >= 11 is 0. The molecule has 0 spiro atoms. The lowest BCUT2D eigenvalue weighted by Crippen LogP contribution is -2.42. The van der Waals surface area contributed by atoms with E-state index >= 15 is 0 Å². The minimum atomic E-state index is -3.91. The van der Waals surface area contributed by atoms with Crippen molar-refractivity contribution in [1.82, 2.24) is 14.1 Å². The summed E-state index contributed by atoms with van der Waals surface area (Å²) in [7, 11) is -3.91. The van der Waals surface area contributed by atoms with Gasteiger partial charge in [-0.15, -0.1) is 0 Å². The molecule has 0 aliphatic heterocycles. The van der Waals surface area contributed by atoms with E-state index < -0.39 is 22.0 Å². The number of benzene rings is 3. The standard InChI is InChI=1S/C28H32N4O3S/c1-20(2)31(36(34,35)24-16-15-21-11-9-10-12-22(21)17-24)19-27(33)29-26-18-25(28(3,4)5)30-32(26)23-13-7-6-8-14-23/h6-18,20H,19H2,1-5H3,(H,29,33). The molecule has 1 aromatic heterocycles. The van der Waals surface area contributed by atoms with Gasteiger partial charge in [-0.1, -0.05) is 69.3 Å². The molecule has 0 fully saturated rings. The van der Waals surface area contributed by atoms with Crippen molar-refractivity contribution in [2.75, 3.05) is 11.9 Å². The molecule has 0 saturated carbocycles. The van der Waals surface area contributed by atoms with Crippen LogP contribution in [0.3, 0.4) is 0 Å². The van der Waals surface area contributed by atoms with Crippen LogP contribution in [0.1, 0.15) is 40.3 Å². The van der Waals surface area contributed by atoms with Crippen LogP contribution in [-0.4, -0.2) is 41.0 Å². The summed E-state index contributed by atoms with van der Waals surface area (Å²) < 4.78 is 30.0. The van der Waals surface area contributed by atoms with E-state index in [0.29, 0.717) is 5.82 Å². The first kappa shape index (κ1) is 25.6. The van der Waals surface area contributed by atoms with Crippen molar-refractivity contribution >= 4 is 32.5 Å². The van der Waals surface area contributed by atoms with E-state index in [1.54, 1.807) is 36.7 Å². The molecule has 0 saturated heterocycles. The number of amides is 1. The van der Waals surface area contributed by atoms with Crippen LogP contribution in [0, 0.1) is 0 Å². The summed E-state index contributed by atoms with van der Waals surface area (Å²) in [5.41, 5.74) is 1.38. The molecule has 0 bridgehead atoms. The average Bonchev–Trinajstić information content (AvgIpc) is 3.27. The maximum Gasteiger partial charge on any atom is 0.243 e. The third-order valence-corrected chi connectivity index (χ3v) is 7.97. The Morgan fingerprint density at radius 1 is 0.944 bits per heavy atom. The number of fused-ring (bicyclic) bond motifs is 1. The summed E-state index contributed by atoms with van der Waals surface area (Å²) in [4.78, 5) is 13.4. The van der Waals surface area contributed by atoms with Crippen molar-refractivity contribution in [3.8, 4) is 5.69 Å². The van der Waals surface area contributed by atoms with E-state index in [2.05, 4.69) is 5.32 Å². The zero-order chi connectivity index (χ0) is 26.1. The molecule has 1 heterocycles. The van der Waals surface area contributed by atoms with Crippen LogP contribution >= 0.6 is 0 Å². The molecule has 0 radical (unpaired) electrons. The summed E-state index contributed by atoms with van der Waals surface area (Å²) in [6.45, 7) is 9.35. The van der Waals surface area contributed by atoms with E-state index in [1.165, 1.54) is 4.31 Å². The number of hydrogen-bond donors (Lipinski definition) is 1. The minimum absolute atomic E-state index is 0.159. The number of sulfonamides is 1. The summed E-state index contributed by atoms with van der Waals surface area (Å²) in [6, 6.07) is 23.5. The van der Waals surface area contributed by atoms with Gasteiger partial charge in [0.05, 0.1) is 22.8 Å². The van der Waals surface area contributed by atoms with Crippen molar-refractivity contribution in [1.29, 1.82) is 0 Å². The predicted molar refractivity (Wildman–Crippen MR) is 144 cm³/mol. The number of carbonyl (C=O) groups is 1. The number of rotatable bonds is 7. The Balaban J connectivity index is 1.63. The summed E-state index contributed by atoms with van der Waals surface area (Å²) in [5.74, 6) is 0.0496. The maximum atomic E-state index is 13.6. The first-order valence-electron chi connectivity index (χ1n) is 11.9. The lowest BCUT2D eigenvalue weighted by atomic mass is 9.92. The molecule has 7 nitrogen and oxygen atoms in total. The number of anilines is 1. The molecule has 0 atom stereocenters. The zero-order valence-corrected chi connectivity index (χ0v) is 22.1. The first-order valence-corrected chi connectivity index (χ1v) is 13.4. The lowest BCUT2D eigenvalue weighted by molar-refractivity contribution is -0.116. The molecular weight excluding hydrogens is 472 g/mol. The summed E-state index contributed by atoms with van der Waals surface area (Å²) in [5, 5.41) is 9.39. The molecule has 8 heteroatoms. The fourth-order valence-electron chi connectivity index (χ4n) is 3.93. The number of para-hydroxylation sites is 1. The SMILES string of the molecule is CC(C)N(CC(=O)Nc1cc(C(C)(C)C)nn1-c1ccccc1)S(=O)(=O)c1ccc2ccccc2c1. The second kappa shape index (κ2) is 9.87. The van der Waals surface area contributed by atoms with Crippen LogP contribution in [0.4, 0.5) is 5.82 Å². The van der Waals surface area contributed by atoms with Crippen LogP contribution in [-0.2, 0) is 20.2 Å². The van der Waals surface area contributed by atoms with Crippen molar-refractivity contribution in [2.24, 2.45) is 0 Å². The summed E-state index contributed by atoms with van der Waals surface area (Å²) in [6.07, 6.45) is 0. The Labute approximate surface area is 212 Å². The van der Waals surface area contributed by atoms with Crippen molar-refractivity contribution in [3.05, 3.63) is 84.6 Å². The number of hydrogen-bond acceptors (Lipinski definition) is 4. The van der Waals surface area contributed by atoms with Crippen molar-refractivity contribution in [3.63, 3.8) is 0 Å². The maximum absolute atomic E-state index is 13.6. The van der Waals surface area contributed by atoms with Crippen molar-refractivity contribution in [2.45, 2.75) is 51.0 Å². The largest absolute Gasteiger partial charge is 0.309 e. The highest BCUT2D eigenvalue weighted by Gasteiger charge is 2.30. The molecule has 1 N–H and O–H groups in total. The fourth-order valence-corrected chi connectivity index (χ4v) is 5.56. The van der Waals surface area contributed by atoms with Gasteiger partial charge in [-0.25, -0.2) is 13.1 Å². The molecule has 0 aliphatic rings. The smallest absolute Gasteiger partial charge is 0.243 e. The van der Waals surface area contributed by atoms with Gasteiger partial charge in [-0.05, 0) is 48.9 Å². The Morgan fingerprint density at radius 2 is 1.58 bits per heavy atom. The van der Waals surface area contributed by atoms with Crippen LogP contribution in [0.2, 0.25) is 0 Å². The van der Waals surface area contributed by atoms with Gasteiger partial charge in [-0.2, -0.15) is 9.40 Å². The van der Waals surface area contributed by atoms with Gasteiger partial charge < -0.3 is 5.32 Å². The van der Waals surface area contributed by atoms with Gasteiger partial charge in [0.15, 0.2) is 0 Å². The normalized spacial score (nSPS) is 12.4. The molecule has 4 aromatic rings. The first-order chi connectivity index (χ1) is 17.0. The average molecular weight is 505 g/mol. The van der Waals surface area contributed by atoms with E-state index in [0.717, 1.165) is 22.2 Å². The van der Waals surface area contributed by atoms with Crippen LogP contribution < -0.4 is 5.32 Å². The number of nitrogens with one attached hydrogen (secondary N) is 1. The number of nitrogens with zero attached hydrogens (tertiary/aromatic N) is 3. The van der Waals surface area contributed by atoms with Crippen molar-refractivity contribution < 1.29 is 13.2 Å². The van der Waals surface area contributed by atoms with Crippen LogP contribution in [0.25, 0.3) is 16.5 Å². The van der Waals surface area contributed by atoms with Gasteiger partial charge in [0.25, 0.3) is 0 Å². The van der Waals surface area contributed by atoms with E-state index in [9.17, 15) is 13.2 Å². The van der Waals surface area contributed by atoms with Crippen LogP contribution in [0.5, 0.6) is 0 Å². The number of aromatic nitrogens is 2. The monoisotopic (exact) mass is 504 g/mol. The quantitative estimate of drug-likeness (QED) is 0.367. The van der Waals surface area contributed by atoms with Gasteiger partial charge in [0.1, 0.15) is 5.82 Å². The zero-order valence-electron chi connectivity index (χ0n) is 21.3. The third kappa shape index (κ3) is 5.34. The van der Waals surface area contributed by atoms with Gasteiger partial charge in [-0.3, -0.25) is 4.79 Å². The highest BCUT2D eigenvalue weighted by molar-refractivity contribution is 7.89. The lowest BCUT2D eigenvalue weighted by Gasteiger charge is -2.25. The Kier molecular flexibility index (Phi) is 7.02. The molecular formula is C28H32N4O3S. The highest BCUT2D eigenvalue weighted by Crippen LogP contribution is 2.27. The van der Waals surface area contributed by atoms with Gasteiger partial charge >= 0.3 is 0 Å². The number of carbonyl (C=O) groups excluding carboxylic acids is 1. The predicted octanol–water partition coefficient (Wildman–Crippen LogP) is 5.36. The second-order valence-corrected chi connectivity index (χ2v) is 12.0. The Morgan fingerprint density at radius 3 is 2.22 bits per heavy atom. The minimum Gasteiger partial charge on any atom is -0.309 e. The topological polar surface area (TPSA) is 84.3 Å². The van der Waals surface area contributed by atoms with Gasteiger partial charge in [0, 0.05) is 17.5 Å². The molecule has 1 amide bonds. The fraction of sp³-hybridized carbons (Fsp3) is 0.286. The van der Waals surface area contributed by atoms with E-state index in [-0.39, 0.29) is 16.9 Å². The van der Waals surface area contributed by atoms with E-state index in [4.69, 9.17) is 5.10 Å². The molecule has 0 aliphatic carbocycles.